The van der Waals surface area contributed by atoms with Crippen LogP contribution in [0.25, 0.3) is 5.82 Å². The quantitative estimate of drug-likeness (QED) is 0.449. The Morgan fingerprint density at radius 3 is 2.38 bits per heavy atom. The fourth-order valence-electron chi connectivity index (χ4n) is 1.90. The summed E-state index contributed by atoms with van der Waals surface area (Å²) in [6.45, 7) is 0.614. The minimum absolute atomic E-state index is 0. The van der Waals surface area contributed by atoms with Crippen molar-refractivity contribution in [3.05, 3.63) is 42.6 Å². The smallest absolute Gasteiger partial charge is 0.195 e. The van der Waals surface area contributed by atoms with Crippen LogP contribution in [-0.4, -0.2) is 58.5 Å². The molecule has 0 saturated carbocycles. The van der Waals surface area contributed by atoms with E-state index in [1.54, 1.807) is 12.5 Å². The lowest BCUT2D eigenvalue weighted by molar-refractivity contribution is 0.479. The number of halogens is 1. The molecule has 2 aromatic heterocycles. The normalized spacial score (nSPS) is 9.71. The average Bonchev–Trinajstić information content (AvgIpc) is 2.92. The Morgan fingerprint density at radius 1 is 1.19 bits per heavy atom. The molecule has 0 amide bonds. The second-order valence-electron chi connectivity index (χ2n) is 4.90. The van der Waals surface area contributed by atoms with Crippen LogP contribution in [0.4, 0.5) is 0 Å². The van der Waals surface area contributed by atoms with Crippen molar-refractivity contribution in [1.29, 1.82) is 0 Å². The first kappa shape index (κ1) is 17.4. The monoisotopic (exact) mass is 400 g/mol. The van der Waals surface area contributed by atoms with E-state index in [1.165, 1.54) is 0 Å². The van der Waals surface area contributed by atoms with Crippen molar-refractivity contribution in [2.24, 2.45) is 4.99 Å². The lowest BCUT2D eigenvalue weighted by Gasteiger charge is -2.22. The SMILES string of the molecule is CN(C)C(=NCc1ccc(-n2ccnc2)nc1)N(C)C.I. The molecule has 0 atom stereocenters. The van der Waals surface area contributed by atoms with Crippen LogP contribution in [0.15, 0.2) is 42.0 Å². The molecule has 6 nitrogen and oxygen atoms in total. The summed E-state index contributed by atoms with van der Waals surface area (Å²) in [5.74, 6) is 1.79. The summed E-state index contributed by atoms with van der Waals surface area (Å²) in [6, 6.07) is 4.01. The largest absolute Gasteiger partial charge is 0.349 e. The molecular formula is C14H21IN6. The van der Waals surface area contributed by atoms with E-state index in [0.29, 0.717) is 6.54 Å². The molecule has 0 aliphatic rings. The number of nitrogens with zero attached hydrogens (tertiary/aromatic N) is 6. The Balaban J connectivity index is 0.00000220. The van der Waals surface area contributed by atoms with Gasteiger partial charge in [-0.25, -0.2) is 15.0 Å². The summed E-state index contributed by atoms with van der Waals surface area (Å²) in [4.78, 5) is 17.0. The van der Waals surface area contributed by atoms with Crippen molar-refractivity contribution < 1.29 is 0 Å². The van der Waals surface area contributed by atoms with Crippen molar-refractivity contribution in [2.75, 3.05) is 28.2 Å². The van der Waals surface area contributed by atoms with Gasteiger partial charge in [-0.1, -0.05) is 6.07 Å². The van der Waals surface area contributed by atoms with Crippen LogP contribution in [0.1, 0.15) is 5.56 Å². The van der Waals surface area contributed by atoms with Gasteiger partial charge in [-0.2, -0.15) is 0 Å². The van der Waals surface area contributed by atoms with Gasteiger partial charge in [0.25, 0.3) is 0 Å². The van der Waals surface area contributed by atoms with Gasteiger partial charge >= 0.3 is 0 Å². The van der Waals surface area contributed by atoms with E-state index >= 15 is 0 Å². The van der Waals surface area contributed by atoms with Crippen LogP contribution in [-0.2, 0) is 6.54 Å². The van der Waals surface area contributed by atoms with Crippen molar-refractivity contribution in [3.63, 3.8) is 0 Å². The van der Waals surface area contributed by atoms with Gasteiger partial charge in [-0.15, -0.1) is 24.0 Å². The van der Waals surface area contributed by atoms with Gasteiger partial charge in [-0.3, -0.25) is 4.57 Å². The molecule has 114 valence electrons. The zero-order chi connectivity index (χ0) is 14.5. The van der Waals surface area contributed by atoms with E-state index in [-0.39, 0.29) is 24.0 Å². The maximum Gasteiger partial charge on any atom is 0.195 e. The number of hydrogen-bond donors (Lipinski definition) is 0. The first-order valence-electron chi connectivity index (χ1n) is 6.40. The molecule has 0 aliphatic carbocycles. The summed E-state index contributed by atoms with van der Waals surface area (Å²) in [5, 5.41) is 0. The topological polar surface area (TPSA) is 49.6 Å². The van der Waals surface area contributed by atoms with Gasteiger partial charge in [-0.05, 0) is 11.6 Å². The minimum atomic E-state index is 0. The molecule has 2 heterocycles. The predicted octanol–water partition coefficient (Wildman–Crippen LogP) is 1.86. The fraction of sp³-hybridized carbons (Fsp3) is 0.357. The van der Waals surface area contributed by atoms with Crippen LogP contribution in [0.3, 0.4) is 0 Å². The van der Waals surface area contributed by atoms with Crippen LogP contribution in [0.2, 0.25) is 0 Å². The maximum atomic E-state index is 4.59. The summed E-state index contributed by atoms with van der Waals surface area (Å²) in [6.07, 6.45) is 7.19. The zero-order valence-corrected chi connectivity index (χ0v) is 15.1. The lowest BCUT2D eigenvalue weighted by atomic mass is 10.3. The van der Waals surface area contributed by atoms with Crippen LogP contribution >= 0.6 is 24.0 Å². The van der Waals surface area contributed by atoms with E-state index < -0.39 is 0 Å². The molecule has 0 radical (unpaired) electrons. The van der Waals surface area contributed by atoms with Crippen molar-refractivity contribution in [1.82, 2.24) is 24.3 Å². The number of rotatable bonds is 3. The highest BCUT2D eigenvalue weighted by atomic mass is 127. The number of imidazole rings is 1. The third-order valence-corrected chi connectivity index (χ3v) is 2.78. The van der Waals surface area contributed by atoms with Crippen molar-refractivity contribution >= 4 is 29.9 Å². The summed E-state index contributed by atoms with van der Waals surface area (Å²) >= 11 is 0. The fourth-order valence-corrected chi connectivity index (χ4v) is 1.90. The molecule has 0 unspecified atom stereocenters. The van der Waals surface area contributed by atoms with E-state index in [0.717, 1.165) is 17.3 Å². The molecule has 2 aromatic rings. The van der Waals surface area contributed by atoms with Crippen molar-refractivity contribution in [2.45, 2.75) is 6.54 Å². The maximum absolute atomic E-state index is 4.59. The van der Waals surface area contributed by atoms with Crippen LogP contribution < -0.4 is 0 Å². The molecule has 0 aromatic carbocycles. The Labute approximate surface area is 142 Å². The van der Waals surface area contributed by atoms with Gasteiger partial charge in [0.1, 0.15) is 12.1 Å². The highest BCUT2D eigenvalue weighted by Crippen LogP contribution is 2.07. The molecule has 0 N–H and O–H groups in total. The summed E-state index contributed by atoms with van der Waals surface area (Å²) in [5.41, 5.74) is 1.08. The first-order chi connectivity index (χ1) is 9.58. The van der Waals surface area contributed by atoms with E-state index in [4.69, 9.17) is 0 Å². The lowest BCUT2D eigenvalue weighted by Crippen LogP contribution is -2.35. The molecule has 0 bridgehead atoms. The molecule has 2 rings (SSSR count). The standard InChI is InChI=1S/C14H20N6.HI/c1-18(2)14(19(3)4)17-10-12-5-6-13(16-9-12)20-8-7-15-11-20;/h5-9,11H,10H2,1-4H3;1H. The molecular weight excluding hydrogens is 379 g/mol. The van der Waals surface area contributed by atoms with Gasteiger partial charge in [0.15, 0.2) is 5.96 Å². The predicted molar refractivity (Wildman–Crippen MR) is 95.3 cm³/mol. The Morgan fingerprint density at radius 2 is 1.90 bits per heavy atom. The third-order valence-electron chi connectivity index (χ3n) is 2.78. The molecule has 21 heavy (non-hydrogen) atoms. The van der Waals surface area contributed by atoms with Crippen LogP contribution in [0.5, 0.6) is 0 Å². The molecule has 0 saturated heterocycles. The Kier molecular flexibility index (Phi) is 6.60. The highest BCUT2D eigenvalue weighted by molar-refractivity contribution is 14.0. The van der Waals surface area contributed by atoms with Crippen molar-refractivity contribution in [3.8, 4) is 5.82 Å². The molecule has 0 spiro atoms. The Hall–Kier alpha value is -1.64. The third kappa shape index (κ3) is 4.69. The number of aliphatic imine (C=N–C) groups is 1. The number of aromatic nitrogens is 3. The second-order valence-corrected chi connectivity index (χ2v) is 4.90. The van der Waals surface area contributed by atoms with E-state index in [1.807, 2.05) is 67.1 Å². The van der Waals surface area contributed by atoms with Gasteiger partial charge in [0.2, 0.25) is 0 Å². The van der Waals surface area contributed by atoms with Crippen LogP contribution in [0, 0.1) is 0 Å². The first-order valence-corrected chi connectivity index (χ1v) is 6.40. The van der Waals surface area contributed by atoms with Gasteiger partial charge < -0.3 is 9.80 Å². The second kappa shape index (κ2) is 7.96. The summed E-state index contributed by atoms with van der Waals surface area (Å²) < 4.78 is 1.87. The number of guanidine groups is 1. The zero-order valence-electron chi connectivity index (χ0n) is 12.8. The molecule has 7 heteroatoms. The molecule has 0 aliphatic heterocycles. The van der Waals surface area contributed by atoms with E-state index in [9.17, 15) is 0 Å². The van der Waals surface area contributed by atoms with Gasteiger partial charge in [0.05, 0.1) is 6.54 Å². The number of pyridine rings is 1. The van der Waals surface area contributed by atoms with Gasteiger partial charge in [0, 0.05) is 46.8 Å². The Bertz CT molecular complexity index is 550. The van der Waals surface area contributed by atoms with E-state index in [2.05, 4.69) is 15.0 Å². The molecule has 0 fully saturated rings. The minimum Gasteiger partial charge on any atom is -0.349 e. The number of hydrogen-bond acceptors (Lipinski definition) is 3. The highest BCUT2D eigenvalue weighted by Gasteiger charge is 2.04. The average molecular weight is 400 g/mol. The summed E-state index contributed by atoms with van der Waals surface area (Å²) in [7, 11) is 7.94.